The van der Waals surface area contributed by atoms with E-state index in [9.17, 15) is 0 Å². The van der Waals surface area contributed by atoms with E-state index in [0.717, 1.165) is 43.9 Å². The molecule has 0 N–H and O–H groups in total. The zero-order valence-electron chi connectivity index (χ0n) is 13.9. The van der Waals surface area contributed by atoms with Gasteiger partial charge in [0.1, 0.15) is 11.3 Å². The molecule has 23 heavy (non-hydrogen) atoms. The predicted octanol–water partition coefficient (Wildman–Crippen LogP) is 2.67. The molecule has 0 bridgehead atoms. The van der Waals surface area contributed by atoms with Crippen molar-refractivity contribution in [2.24, 2.45) is 5.92 Å². The molecule has 4 rings (SSSR count). The van der Waals surface area contributed by atoms with Crippen molar-refractivity contribution in [3.63, 3.8) is 0 Å². The van der Waals surface area contributed by atoms with E-state index in [0.29, 0.717) is 11.8 Å². The first-order chi connectivity index (χ1) is 11.3. The minimum absolute atomic E-state index is 0.418. The standard InChI is InChI=1S/C18H26N4O/c1-2-21-9-7-14(11-21)12-22-17(15-5-4-10-23-13-15)20-16-6-3-8-19-18(16)22/h3,6,8,14-15H,2,4-5,7,9-13H2,1H3. The molecule has 2 atom stereocenters. The first-order valence-corrected chi connectivity index (χ1v) is 8.96. The van der Waals surface area contributed by atoms with E-state index in [1.165, 1.54) is 31.8 Å². The normalized spacial score (nSPS) is 26.1. The van der Waals surface area contributed by atoms with Gasteiger partial charge in [-0.1, -0.05) is 6.92 Å². The molecule has 124 valence electrons. The minimum Gasteiger partial charge on any atom is -0.381 e. The SMILES string of the molecule is CCN1CCC(Cn2c(C3CCCOC3)nc3cccnc32)C1. The van der Waals surface area contributed by atoms with Crippen molar-refractivity contribution in [2.75, 3.05) is 32.8 Å². The number of likely N-dealkylation sites (tertiary alicyclic amines) is 1. The molecular weight excluding hydrogens is 288 g/mol. The molecule has 4 heterocycles. The van der Waals surface area contributed by atoms with Crippen LogP contribution in [0.1, 0.15) is 37.9 Å². The zero-order valence-corrected chi connectivity index (χ0v) is 13.9. The Morgan fingerprint density at radius 1 is 1.35 bits per heavy atom. The van der Waals surface area contributed by atoms with E-state index < -0.39 is 0 Å². The summed E-state index contributed by atoms with van der Waals surface area (Å²) in [5.74, 6) is 2.31. The number of ether oxygens (including phenoxy) is 1. The fourth-order valence-electron chi connectivity index (χ4n) is 4.02. The van der Waals surface area contributed by atoms with Gasteiger partial charge in [0, 0.05) is 31.8 Å². The van der Waals surface area contributed by atoms with Gasteiger partial charge in [0.2, 0.25) is 0 Å². The summed E-state index contributed by atoms with van der Waals surface area (Å²) in [6, 6.07) is 4.06. The van der Waals surface area contributed by atoms with Crippen LogP contribution in [-0.2, 0) is 11.3 Å². The zero-order chi connectivity index (χ0) is 15.6. The van der Waals surface area contributed by atoms with E-state index in [1.54, 1.807) is 0 Å². The molecule has 2 saturated heterocycles. The van der Waals surface area contributed by atoms with E-state index in [1.807, 2.05) is 12.3 Å². The molecule has 0 amide bonds. The number of hydrogen-bond acceptors (Lipinski definition) is 4. The second-order valence-electron chi connectivity index (χ2n) is 6.89. The Bertz CT molecular complexity index is 662. The summed E-state index contributed by atoms with van der Waals surface area (Å²) in [7, 11) is 0. The van der Waals surface area contributed by atoms with Crippen LogP contribution in [0.25, 0.3) is 11.2 Å². The van der Waals surface area contributed by atoms with Crippen molar-refractivity contribution < 1.29 is 4.74 Å². The van der Waals surface area contributed by atoms with Crippen molar-refractivity contribution in [3.8, 4) is 0 Å². The molecule has 2 aromatic rings. The van der Waals surface area contributed by atoms with Crippen LogP contribution < -0.4 is 0 Å². The maximum Gasteiger partial charge on any atom is 0.160 e. The van der Waals surface area contributed by atoms with Crippen LogP contribution >= 0.6 is 0 Å². The summed E-state index contributed by atoms with van der Waals surface area (Å²) in [5, 5.41) is 0. The highest BCUT2D eigenvalue weighted by molar-refractivity contribution is 5.71. The highest BCUT2D eigenvalue weighted by Crippen LogP contribution is 2.29. The Morgan fingerprint density at radius 2 is 2.30 bits per heavy atom. The predicted molar refractivity (Wildman–Crippen MR) is 90.5 cm³/mol. The van der Waals surface area contributed by atoms with Gasteiger partial charge in [-0.15, -0.1) is 0 Å². The molecule has 2 aliphatic rings. The Labute approximate surface area is 137 Å². The fourth-order valence-corrected chi connectivity index (χ4v) is 4.02. The van der Waals surface area contributed by atoms with Gasteiger partial charge in [-0.25, -0.2) is 9.97 Å². The van der Waals surface area contributed by atoms with Gasteiger partial charge in [-0.05, 0) is 50.4 Å². The lowest BCUT2D eigenvalue weighted by Gasteiger charge is -2.23. The quantitative estimate of drug-likeness (QED) is 0.870. The highest BCUT2D eigenvalue weighted by atomic mass is 16.5. The smallest absolute Gasteiger partial charge is 0.160 e. The van der Waals surface area contributed by atoms with Crippen molar-refractivity contribution in [3.05, 3.63) is 24.2 Å². The average molecular weight is 314 g/mol. The van der Waals surface area contributed by atoms with Crippen LogP contribution in [0.4, 0.5) is 0 Å². The van der Waals surface area contributed by atoms with Crippen LogP contribution in [0.5, 0.6) is 0 Å². The van der Waals surface area contributed by atoms with Crippen LogP contribution in [0, 0.1) is 5.92 Å². The monoisotopic (exact) mass is 314 g/mol. The molecule has 2 aliphatic heterocycles. The third kappa shape index (κ3) is 3.00. The molecule has 5 heteroatoms. The van der Waals surface area contributed by atoms with E-state index >= 15 is 0 Å². The first kappa shape index (κ1) is 15.1. The topological polar surface area (TPSA) is 43.2 Å². The van der Waals surface area contributed by atoms with Crippen molar-refractivity contribution >= 4 is 11.2 Å². The summed E-state index contributed by atoms with van der Waals surface area (Å²) < 4.78 is 8.10. The second kappa shape index (κ2) is 6.57. The third-order valence-corrected chi connectivity index (χ3v) is 5.32. The summed E-state index contributed by atoms with van der Waals surface area (Å²) >= 11 is 0. The molecule has 0 radical (unpaired) electrons. The number of hydrogen-bond donors (Lipinski definition) is 0. The van der Waals surface area contributed by atoms with Gasteiger partial charge in [0.05, 0.1) is 6.61 Å². The molecule has 0 saturated carbocycles. The van der Waals surface area contributed by atoms with Crippen LogP contribution in [0.15, 0.2) is 18.3 Å². The number of pyridine rings is 1. The lowest BCUT2D eigenvalue weighted by molar-refractivity contribution is 0.0769. The van der Waals surface area contributed by atoms with E-state index in [-0.39, 0.29) is 0 Å². The summed E-state index contributed by atoms with van der Waals surface area (Å²) in [4.78, 5) is 12.1. The number of aromatic nitrogens is 3. The van der Waals surface area contributed by atoms with Crippen molar-refractivity contribution in [2.45, 2.75) is 38.6 Å². The molecule has 2 unspecified atom stereocenters. The molecular formula is C18H26N4O. The van der Waals surface area contributed by atoms with Gasteiger partial charge in [0.25, 0.3) is 0 Å². The summed E-state index contributed by atoms with van der Waals surface area (Å²) in [6.07, 6.45) is 5.47. The van der Waals surface area contributed by atoms with Gasteiger partial charge in [-0.3, -0.25) is 0 Å². The van der Waals surface area contributed by atoms with Crippen LogP contribution in [-0.4, -0.2) is 52.3 Å². The fraction of sp³-hybridized carbons (Fsp3) is 0.667. The van der Waals surface area contributed by atoms with Gasteiger partial charge >= 0.3 is 0 Å². The van der Waals surface area contributed by atoms with Crippen molar-refractivity contribution in [1.29, 1.82) is 0 Å². The van der Waals surface area contributed by atoms with E-state index in [2.05, 4.69) is 27.4 Å². The Hall–Kier alpha value is -1.46. The number of rotatable bonds is 4. The summed E-state index contributed by atoms with van der Waals surface area (Å²) in [5.41, 5.74) is 2.07. The molecule has 0 aromatic carbocycles. The van der Waals surface area contributed by atoms with E-state index in [4.69, 9.17) is 9.72 Å². The maximum absolute atomic E-state index is 5.71. The number of imidazole rings is 1. The molecule has 0 spiro atoms. The largest absolute Gasteiger partial charge is 0.381 e. The van der Waals surface area contributed by atoms with Gasteiger partial charge in [-0.2, -0.15) is 0 Å². The third-order valence-electron chi connectivity index (χ3n) is 5.32. The Balaban J connectivity index is 1.65. The lowest BCUT2D eigenvalue weighted by Crippen LogP contribution is -2.24. The number of fused-ring (bicyclic) bond motifs is 1. The highest BCUT2D eigenvalue weighted by Gasteiger charge is 2.27. The average Bonchev–Trinajstić information content (AvgIpc) is 3.21. The second-order valence-corrected chi connectivity index (χ2v) is 6.89. The molecule has 5 nitrogen and oxygen atoms in total. The summed E-state index contributed by atoms with van der Waals surface area (Å²) in [6.45, 7) is 8.56. The van der Waals surface area contributed by atoms with Gasteiger partial charge in [0.15, 0.2) is 5.65 Å². The lowest BCUT2D eigenvalue weighted by atomic mass is 10.0. The minimum atomic E-state index is 0.418. The first-order valence-electron chi connectivity index (χ1n) is 8.96. The molecule has 2 aromatic heterocycles. The van der Waals surface area contributed by atoms with Gasteiger partial charge < -0.3 is 14.2 Å². The molecule has 0 aliphatic carbocycles. The Kier molecular flexibility index (Phi) is 4.31. The Morgan fingerprint density at radius 3 is 3.09 bits per heavy atom. The van der Waals surface area contributed by atoms with Crippen LogP contribution in [0.3, 0.4) is 0 Å². The van der Waals surface area contributed by atoms with Crippen molar-refractivity contribution in [1.82, 2.24) is 19.4 Å². The molecule has 2 fully saturated rings. The number of nitrogens with zero attached hydrogens (tertiary/aromatic N) is 4. The maximum atomic E-state index is 5.71. The van der Waals surface area contributed by atoms with Crippen LogP contribution in [0.2, 0.25) is 0 Å².